The van der Waals surface area contributed by atoms with Crippen LogP contribution in [0.15, 0.2) is 29.9 Å². The van der Waals surface area contributed by atoms with Crippen LogP contribution in [0.2, 0.25) is 0 Å². The molecule has 0 spiro atoms. The van der Waals surface area contributed by atoms with Crippen LogP contribution in [-0.4, -0.2) is 17.9 Å². The number of hydrogen-bond acceptors (Lipinski definition) is 4. The predicted molar refractivity (Wildman–Crippen MR) is 57.9 cm³/mol. The molecule has 3 N–H and O–H groups in total. The molecule has 0 fully saturated rings. The van der Waals surface area contributed by atoms with E-state index in [1.54, 1.807) is 18.0 Å². The Kier molecular flexibility index (Phi) is 4.35. The lowest BCUT2D eigenvalue weighted by Crippen LogP contribution is -2.04. The summed E-state index contributed by atoms with van der Waals surface area (Å²) >= 11 is 1.56. The van der Waals surface area contributed by atoms with Crippen LogP contribution in [0.5, 0.6) is 0 Å². The largest absolute Gasteiger partial charge is 0.387 e. The maximum atomic E-state index is 5.38. The minimum Gasteiger partial charge on any atom is -0.387 e. The average Bonchev–Trinajstić information content (AvgIpc) is 2.21. The maximum Gasteiger partial charge on any atom is 0.0491 e. The van der Waals surface area contributed by atoms with Gasteiger partial charge in [-0.05, 0) is 17.5 Å². The molecule has 0 aliphatic heterocycles. The summed E-state index contributed by atoms with van der Waals surface area (Å²) in [5, 5.41) is 5.09. The molecule has 0 saturated heterocycles. The van der Waals surface area contributed by atoms with E-state index in [4.69, 9.17) is 5.73 Å². The summed E-state index contributed by atoms with van der Waals surface area (Å²) in [6.07, 6.45) is 3.58. The number of nitrogens with zero attached hydrogens (tertiary/aromatic N) is 1. The lowest BCUT2D eigenvalue weighted by atomic mass is 10.2. The van der Waals surface area contributed by atoms with E-state index in [1.165, 1.54) is 0 Å². The van der Waals surface area contributed by atoms with Crippen molar-refractivity contribution in [3.63, 3.8) is 0 Å². The number of nitrogens with two attached hydrogens (primary N) is 1. The molecule has 0 bridgehead atoms. The van der Waals surface area contributed by atoms with Gasteiger partial charge in [0.05, 0.1) is 0 Å². The lowest BCUT2D eigenvalue weighted by Gasteiger charge is -2.05. The zero-order valence-electron chi connectivity index (χ0n) is 7.53. The molecule has 0 aromatic carbocycles. The molecule has 0 unspecified atom stereocenters. The molecule has 0 radical (unpaired) electrons. The summed E-state index contributed by atoms with van der Waals surface area (Å²) in [6, 6.07) is 3.92. The van der Waals surface area contributed by atoms with E-state index in [0.717, 1.165) is 11.3 Å². The van der Waals surface area contributed by atoms with Crippen LogP contribution in [0.25, 0.3) is 5.70 Å². The van der Waals surface area contributed by atoms with E-state index in [-0.39, 0.29) is 0 Å². The van der Waals surface area contributed by atoms with Crippen molar-refractivity contribution in [1.29, 1.82) is 0 Å². The van der Waals surface area contributed by atoms with E-state index >= 15 is 0 Å². The molecule has 13 heavy (non-hydrogen) atoms. The lowest BCUT2D eigenvalue weighted by molar-refractivity contribution is 1.12. The van der Waals surface area contributed by atoms with Gasteiger partial charge in [0, 0.05) is 36.6 Å². The van der Waals surface area contributed by atoms with Crippen molar-refractivity contribution in [1.82, 2.24) is 10.3 Å². The Labute approximate surface area is 82.4 Å². The van der Waals surface area contributed by atoms with Crippen LogP contribution in [0, 0.1) is 0 Å². The molecule has 1 rings (SSSR count). The Hall–Kier alpha value is -1.00. The van der Waals surface area contributed by atoms with E-state index < -0.39 is 0 Å². The van der Waals surface area contributed by atoms with Gasteiger partial charge >= 0.3 is 0 Å². The third-order valence-electron chi connectivity index (χ3n) is 1.54. The van der Waals surface area contributed by atoms with Gasteiger partial charge in [0.2, 0.25) is 0 Å². The zero-order chi connectivity index (χ0) is 9.52. The van der Waals surface area contributed by atoms with Crippen molar-refractivity contribution in [2.45, 2.75) is 0 Å². The predicted octanol–water partition coefficient (Wildman–Crippen LogP) is 1.25. The fourth-order valence-electron chi connectivity index (χ4n) is 0.925. The van der Waals surface area contributed by atoms with Gasteiger partial charge in [-0.2, -0.15) is 0 Å². The number of nitrogens with one attached hydrogen (secondary N) is 1. The standard InChI is InChI=1S/C9H13N3S/c1-11-9(6-13-7-10)8-3-2-4-12-5-8/h2-6,11H,7,10H2,1H3/b9-6-. The first-order valence-electron chi connectivity index (χ1n) is 3.98. The minimum absolute atomic E-state index is 0.589. The van der Waals surface area contributed by atoms with Gasteiger partial charge in [0.1, 0.15) is 0 Å². The first-order valence-corrected chi connectivity index (χ1v) is 5.03. The second-order valence-electron chi connectivity index (χ2n) is 2.36. The highest BCUT2D eigenvalue weighted by atomic mass is 32.2. The van der Waals surface area contributed by atoms with Crippen LogP contribution in [-0.2, 0) is 0 Å². The molecule has 70 valence electrons. The molecule has 0 aliphatic carbocycles. The Morgan fingerprint density at radius 3 is 3.15 bits per heavy atom. The van der Waals surface area contributed by atoms with Gasteiger partial charge in [-0.25, -0.2) is 0 Å². The summed E-state index contributed by atoms with van der Waals surface area (Å²) in [5.74, 6) is 0.589. The summed E-state index contributed by atoms with van der Waals surface area (Å²) in [4.78, 5) is 4.04. The van der Waals surface area contributed by atoms with E-state index in [0.29, 0.717) is 5.88 Å². The second-order valence-corrected chi connectivity index (χ2v) is 3.26. The molecule has 3 nitrogen and oxygen atoms in total. The molecule has 0 amide bonds. The highest BCUT2D eigenvalue weighted by Gasteiger charge is 1.96. The Morgan fingerprint density at radius 1 is 1.77 bits per heavy atom. The van der Waals surface area contributed by atoms with Crippen molar-refractivity contribution in [2.75, 3.05) is 12.9 Å². The summed E-state index contributed by atoms with van der Waals surface area (Å²) in [5.41, 5.74) is 7.50. The molecule has 0 atom stereocenters. The van der Waals surface area contributed by atoms with Crippen LogP contribution >= 0.6 is 11.8 Å². The Balaban J connectivity index is 2.78. The second kappa shape index (κ2) is 5.61. The molecule has 1 aromatic heterocycles. The first-order chi connectivity index (χ1) is 6.38. The summed E-state index contributed by atoms with van der Waals surface area (Å²) < 4.78 is 0. The number of aromatic nitrogens is 1. The van der Waals surface area contributed by atoms with Gasteiger partial charge in [0.25, 0.3) is 0 Å². The van der Waals surface area contributed by atoms with E-state index in [1.807, 2.05) is 30.8 Å². The molecule has 1 heterocycles. The molecular formula is C9H13N3S. The number of pyridine rings is 1. The molecule has 0 aliphatic rings. The third kappa shape index (κ3) is 3.08. The van der Waals surface area contributed by atoms with E-state index in [9.17, 15) is 0 Å². The number of hydrogen-bond donors (Lipinski definition) is 2. The highest BCUT2D eigenvalue weighted by molar-refractivity contribution is 8.02. The van der Waals surface area contributed by atoms with Gasteiger partial charge in [-0.15, -0.1) is 11.8 Å². The Morgan fingerprint density at radius 2 is 2.62 bits per heavy atom. The van der Waals surface area contributed by atoms with Gasteiger partial charge in [-0.3, -0.25) is 4.98 Å². The monoisotopic (exact) mass is 195 g/mol. The van der Waals surface area contributed by atoms with Crippen LogP contribution in [0.1, 0.15) is 5.56 Å². The topological polar surface area (TPSA) is 50.9 Å². The molecule has 4 heteroatoms. The van der Waals surface area contributed by atoms with Crippen molar-refractivity contribution in [3.8, 4) is 0 Å². The molecular weight excluding hydrogens is 182 g/mol. The zero-order valence-corrected chi connectivity index (χ0v) is 8.34. The fourth-order valence-corrected chi connectivity index (χ4v) is 1.44. The van der Waals surface area contributed by atoms with Crippen molar-refractivity contribution < 1.29 is 0 Å². The SMILES string of the molecule is CN/C(=C\SCN)c1cccnc1. The quantitative estimate of drug-likeness (QED) is 0.710. The van der Waals surface area contributed by atoms with Crippen molar-refractivity contribution in [3.05, 3.63) is 35.5 Å². The van der Waals surface area contributed by atoms with Crippen molar-refractivity contribution >= 4 is 17.5 Å². The van der Waals surface area contributed by atoms with Gasteiger partial charge in [-0.1, -0.05) is 0 Å². The summed E-state index contributed by atoms with van der Waals surface area (Å²) in [6.45, 7) is 0. The van der Waals surface area contributed by atoms with E-state index in [2.05, 4.69) is 10.3 Å². The van der Waals surface area contributed by atoms with Gasteiger partial charge in [0.15, 0.2) is 0 Å². The summed E-state index contributed by atoms with van der Waals surface area (Å²) in [7, 11) is 1.88. The number of rotatable bonds is 4. The smallest absolute Gasteiger partial charge is 0.0491 e. The van der Waals surface area contributed by atoms with Gasteiger partial charge < -0.3 is 11.1 Å². The van der Waals surface area contributed by atoms with Crippen LogP contribution in [0.4, 0.5) is 0 Å². The van der Waals surface area contributed by atoms with Crippen LogP contribution in [0.3, 0.4) is 0 Å². The molecule has 1 aromatic rings. The Bertz CT molecular complexity index is 271. The first kappa shape index (κ1) is 10.1. The van der Waals surface area contributed by atoms with Crippen molar-refractivity contribution in [2.24, 2.45) is 5.73 Å². The minimum atomic E-state index is 0.589. The normalized spacial score (nSPS) is 11.4. The van der Waals surface area contributed by atoms with Crippen LogP contribution < -0.4 is 11.1 Å². The average molecular weight is 195 g/mol. The third-order valence-corrected chi connectivity index (χ3v) is 2.13. The highest BCUT2D eigenvalue weighted by Crippen LogP contribution is 2.13. The number of thioether (sulfide) groups is 1. The fraction of sp³-hybridized carbons (Fsp3) is 0.222. The maximum absolute atomic E-state index is 5.38. The molecule has 0 saturated carbocycles.